The number of benzene rings is 3. The average molecular weight is 575 g/mol. The van der Waals surface area contributed by atoms with Gasteiger partial charge >= 0.3 is 0 Å². The predicted molar refractivity (Wildman–Crippen MR) is 133 cm³/mol. The molecule has 12 heteroatoms. The maximum atomic E-state index is 13.7. The molecule has 0 aliphatic carbocycles. The number of methoxy groups -OCH3 is 1. The molecule has 0 bridgehead atoms. The van der Waals surface area contributed by atoms with Gasteiger partial charge in [-0.1, -0.05) is 23.7 Å². The smallest absolute Gasteiger partial charge is 0.271 e. The van der Waals surface area contributed by atoms with Gasteiger partial charge in [-0.05, 0) is 57.9 Å². The van der Waals surface area contributed by atoms with Crippen molar-refractivity contribution in [2.75, 3.05) is 17.1 Å². The number of phenolic OH excluding ortho intramolecular Hbond substituents is 1. The van der Waals surface area contributed by atoms with Crippen LogP contribution in [0, 0.1) is 16.0 Å². The lowest BCUT2D eigenvalue weighted by Crippen LogP contribution is -2.37. The number of fused-ring (bicyclic) bond motifs is 1. The lowest BCUT2D eigenvalue weighted by atomic mass is 9.90. The number of amides is 2. The van der Waals surface area contributed by atoms with E-state index in [-0.39, 0.29) is 22.9 Å². The highest BCUT2D eigenvalue weighted by atomic mass is 79.9. The summed E-state index contributed by atoms with van der Waals surface area (Å²) in [6.07, 6.45) is -1.20. The van der Waals surface area contributed by atoms with E-state index in [9.17, 15) is 24.8 Å². The van der Waals surface area contributed by atoms with Crippen molar-refractivity contribution in [1.82, 2.24) is 0 Å². The molecule has 10 nitrogen and oxygen atoms in total. The fourth-order valence-corrected chi connectivity index (χ4v) is 5.16. The Balaban J connectivity index is 1.65. The first kappa shape index (κ1) is 24.0. The van der Waals surface area contributed by atoms with Gasteiger partial charge in [0.05, 0.1) is 33.9 Å². The van der Waals surface area contributed by atoms with Gasteiger partial charge in [0.2, 0.25) is 5.91 Å². The Morgan fingerprint density at radius 1 is 1.08 bits per heavy atom. The van der Waals surface area contributed by atoms with Gasteiger partial charge < -0.3 is 9.84 Å². The molecular weight excluding hydrogens is 558 g/mol. The van der Waals surface area contributed by atoms with Crippen molar-refractivity contribution in [1.29, 1.82) is 0 Å². The summed E-state index contributed by atoms with van der Waals surface area (Å²) in [4.78, 5) is 45.0. The van der Waals surface area contributed by atoms with Gasteiger partial charge in [0.15, 0.2) is 17.6 Å². The van der Waals surface area contributed by atoms with Crippen molar-refractivity contribution in [2.45, 2.75) is 12.1 Å². The van der Waals surface area contributed by atoms with Crippen molar-refractivity contribution in [2.24, 2.45) is 5.92 Å². The molecule has 0 spiro atoms. The van der Waals surface area contributed by atoms with E-state index in [4.69, 9.17) is 21.2 Å². The van der Waals surface area contributed by atoms with Crippen LogP contribution in [0.25, 0.3) is 0 Å². The van der Waals surface area contributed by atoms with E-state index in [2.05, 4.69) is 15.9 Å². The van der Waals surface area contributed by atoms with Crippen LogP contribution < -0.4 is 14.7 Å². The summed E-state index contributed by atoms with van der Waals surface area (Å²) >= 11 is 9.38. The van der Waals surface area contributed by atoms with Gasteiger partial charge in [-0.2, -0.15) is 0 Å². The number of carbonyl (C=O) groups excluding carboxylic acids is 2. The molecule has 0 radical (unpaired) electrons. The van der Waals surface area contributed by atoms with E-state index in [0.29, 0.717) is 20.7 Å². The maximum Gasteiger partial charge on any atom is 0.271 e. The highest BCUT2D eigenvalue weighted by Gasteiger charge is 2.60. The first-order valence-electron chi connectivity index (χ1n) is 10.6. The number of anilines is 2. The van der Waals surface area contributed by atoms with E-state index < -0.39 is 34.8 Å². The Bertz CT molecular complexity index is 1420. The Kier molecular flexibility index (Phi) is 6.07. The minimum absolute atomic E-state index is 0.130. The number of hydrogen-bond donors (Lipinski definition) is 1. The molecule has 2 heterocycles. The Labute approximate surface area is 217 Å². The summed E-state index contributed by atoms with van der Waals surface area (Å²) in [5.41, 5.74) is 0.876. The van der Waals surface area contributed by atoms with E-state index in [0.717, 1.165) is 4.90 Å². The zero-order valence-corrected chi connectivity index (χ0v) is 20.8. The van der Waals surface area contributed by atoms with Crippen molar-refractivity contribution in [3.63, 3.8) is 0 Å². The maximum absolute atomic E-state index is 13.7. The minimum Gasteiger partial charge on any atom is -0.503 e. The summed E-state index contributed by atoms with van der Waals surface area (Å²) in [5, 5.41) is 23.4. The Morgan fingerprint density at radius 2 is 1.81 bits per heavy atom. The highest BCUT2D eigenvalue weighted by Crippen LogP contribution is 2.50. The minimum atomic E-state index is -1.20. The highest BCUT2D eigenvalue weighted by molar-refractivity contribution is 9.10. The molecule has 184 valence electrons. The van der Waals surface area contributed by atoms with Gasteiger partial charge in [0.1, 0.15) is 5.92 Å². The molecule has 2 aliphatic rings. The number of ether oxygens (including phenoxy) is 1. The molecule has 3 aromatic carbocycles. The topological polar surface area (TPSA) is 122 Å². The third kappa shape index (κ3) is 3.85. The van der Waals surface area contributed by atoms with Crippen LogP contribution in [0.1, 0.15) is 11.6 Å². The van der Waals surface area contributed by atoms with Crippen molar-refractivity contribution in [3.05, 3.63) is 85.8 Å². The van der Waals surface area contributed by atoms with Crippen molar-refractivity contribution in [3.8, 4) is 11.5 Å². The van der Waals surface area contributed by atoms with Crippen LogP contribution in [-0.4, -0.2) is 35.1 Å². The summed E-state index contributed by atoms with van der Waals surface area (Å²) in [6, 6.07) is 14.3. The summed E-state index contributed by atoms with van der Waals surface area (Å²) in [7, 11) is 1.38. The fourth-order valence-electron chi connectivity index (χ4n) is 4.51. The summed E-state index contributed by atoms with van der Waals surface area (Å²) in [6.45, 7) is 0. The van der Waals surface area contributed by atoms with E-state index in [1.165, 1.54) is 42.5 Å². The second-order valence-electron chi connectivity index (χ2n) is 8.14. The number of non-ortho nitro benzene ring substituents is 1. The predicted octanol–water partition coefficient (Wildman–Crippen LogP) is 4.78. The average Bonchev–Trinajstić information content (AvgIpc) is 3.36. The van der Waals surface area contributed by atoms with Crippen LogP contribution in [0.3, 0.4) is 0 Å². The number of aromatic hydroxyl groups is 1. The van der Waals surface area contributed by atoms with Crippen LogP contribution in [0.15, 0.2) is 65.1 Å². The van der Waals surface area contributed by atoms with Crippen LogP contribution in [0.2, 0.25) is 5.02 Å². The molecule has 0 unspecified atom stereocenters. The van der Waals surface area contributed by atoms with Gasteiger partial charge in [0, 0.05) is 17.2 Å². The zero-order valence-electron chi connectivity index (χ0n) is 18.5. The lowest BCUT2D eigenvalue weighted by molar-refractivity contribution is -0.384. The van der Waals surface area contributed by atoms with Crippen LogP contribution in [0.5, 0.6) is 11.5 Å². The molecule has 1 N–H and O–H groups in total. The van der Waals surface area contributed by atoms with Gasteiger partial charge in [0.25, 0.3) is 11.6 Å². The van der Waals surface area contributed by atoms with Crippen LogP contribution >= 0.6 is 27.5 Å². The fraction of sp³-hybridized carbons (Fsp3) is 0.167. The van der Waals surface area contributed by atoms with Gasteiger partial charge in [-0.3, -0.25) is 24.5 Å². The molecule has 2 fully saturated rings. The number of hydroxylamine groups is 1. The molecule has 0 aromatic heterocycles. The molecule has 36 heavy (non-hydrogen) atoms. The molecule has 2 amide bonds. The number of rotatable bonds is 5. The van der Waals surface area contributed by atoms with Crippen molar-refractivity contribution >= 4 is 56.4 Å². The number of nitro groups is 1. The lowest BCUT2D eigenvalue weighted by Gasteiger charge is -2.29. The third-order valence-electron chi connectivity index (χ3n) is 6.09. The Hall–Kier alpha value is -3.67. The molecule has 3 atom stereocenters. The SMILES string of the molecule is COc1cc([C@@H]2[C@@H]3C(=O)N(c4cccc(Cl)c4)C(=O)[C@H]3ON2c2cccc([N+](=O)[O-])c2)cc(Br)c1O. The Morgan fingerprint density at radius 3 is 2.50 bits per heavy atom. The first-order valence-corrected chi connectivity index (χ1v) is 11.8. The normalized spacial score (nSPS) is 21.1. The largest absolute Gasteiger partial charge is 0.503 e. The van der Waals surface area contributed by atoms with Crippen LogP contribution in [0.4, 0.5) is 17.1 Å². The number of imide groups is 1. The molecule has 0 saturated carbocycles. The van der Waals surface area contributed by atoms with E-state index in [1.807, 2.05) is 0 Å². The van der Waals surface area contributed by atoms with Crippen LogP contribution in [-0.2, 0) is 14.4 Å². The van der Waals surface area contributed by atoms with E-state index in [1.54, 1.807) is 30.3 Å². The molecule has 5 rings (SSSR count). The number of carbonyl (C=O) groups is 2. The summed E-state index contributed by atoms with van der Waals surface area (Å²) in [5.74, 6) is -2.13. The molecule has 3 aromatic rings. The standard InChI is InChI=1S/C24H17BrClN3O7/c1-35-18-9-12(8-17(25)21(18)30)20-19-22(36-28(20)15-6-3-7-16(11-15)29(33)34)24(32)27(23(19)31)14-5-2-4-13(26)10-14/h2-11,19-20,22,30H,1H3/t19-,20+,22-/m0/s1. The second kappa shape index (κ2) is 9.08. The molecule has 2 saturated heterocycles. The van der Waals surface area contributed by atoms with E-state index >= 15 is 0 Å². The van der Waals surface area contributed by atoms with Crippen molar-refractivity contribution < 1.29 is 29.2 Å². The third-order valence-corrected chi connectivity index (χ3v) is 6.93. The number of hydrogen-bond acceptors (Lipinski definition) is 8. The zero-order chi connectivity index (χ0) is 25.7. The first-order chi connectivity index (χ1) is 17.2. The second-order valence-corrected chi connectivity index (χ2v) is 9.44. The summed E-state index contributed by atoms with van der Waals surface area (Å²) < 4.78 is 5.57. The molecule has 2 aliphatic heterocycles. The monoisotopic (exact) mass is 573 g/mol. The van der Waals surface area contributed by atoms with Gasteiger partial charge in [-0.25, -0.2) is 9.96 Å². The number of nitrogens with zero attached hydrogens (tertiary/aromatic N) is 3. The molecular formula is C24H17BrClN3O7. The number of halogens is 2. The quantitative estimate of drug-likeness (QED) is 0.263. The number of phenols is 1. The van der Waals surface area contributed by atoms with Gasteiger partial charge in [-0.15, -0.1) is 0 Å². The number of nitro benzene ring substituents is 1.